The molecule has 0 spiro atoms. The first-order chi connectivity index (χ1) is 14.9. The number of amides is 2. The molecule has 0 bridgehead atoms. The van der Waals surface area contributed by atoms with E-state index in [0.717, 1.165) is 9.00 Å². The van der Waals surface area contributed by atoms with Gasteiger partial charge in [-0.25, -0.2) is 0 Å². The number of nitrogens with one attached hydrogen (secondary N) is 2. The summed E-state index contributed by atoms with van der Waals surface area (Å²) in [4.78, 5) is 26.7. The van der Waals surface area contributed by atoms with Gasteiger partial charge in [-0.15, -0.1) is 0 Å². The van der Waals surface area contributed by atoms with E-state index in [4.69, 9.17) is 12.2 Å². The number of carbonyl (C=O) groups excluding carboxylic acids is 2. The van der Waals surface area contributed by atoms with Crippen LogP contribution in [0.4, 0.5) is 15.9 Å². The Morgan fingerprint density at radius 1 is 0.871 bits per heavy atom. The van der Waals surface area contributed by atoms with Crippen molar-refractivity contribution in [3.05, 3.63) is 81.8 Å². The average molecular weight is 492 g/mol. The molecule has 5 nitrogen and oxygen atoms in total. The molecule has 0 saturated carbocycles. The van der Waals surface area contributed by atoms with Crippen molar-refractivity contribution in [3.8, 4) is 0 Å². The van der Waals surface area contributed by atoms with E-state index in [1.807, 2.05) is 6.07 Å². The zero-order valence-electron chi connectivity index (χ0n) is 16.9. The third kappa shape index (κ3) is 3.26. The number of thiocarbonyl (C=S) groups is 1. The van der Waals surface area contributed by atoms with E-state index in [1.54, 1.807) is 6.08 Å². The molecule has 7 heteroatoms. The molecule has 31 heavy (non-hydrogen) atoms. The molecule has 5 rings (SSSR count). The van der Waals surface area contributed by atoms with Gasteiger partial charge in [-0.3, -0.25) is 0 Å². The van der Waals surface area contributed by atoms with Crippen molar-refractivity contribution in [2.24, 2.45) is 0 Å². The number of fused-ring (bicyclic) bond motifs is 2. The molecule has 0 aliphatic carbocycles. The van der Waals surface area contributed by atoms with Gasteiger partial charge in [-0.1, -0.05) is 0 Å². The van der Waals surface area contributed by atoms with Gasteiger partial charge in [0.15, 0.2) is 0 Å². The first-order valence-corrected chi connectivity index (χ1v) is 12.0. The summed E-state index contributed by atoms with van der Waals surface area (Å²) in [7, 11) is 0. The number of anilines is 3. The van der Waals surface area contributed by atoms with Crippen LogP contribution in [0.5, 0.6) is 0 Å². The Labute approximate surface area is 191 Å². The molecule has 2 amide bonds. The summed E-state index contributed by atoms with van der Waals surface area (Å²) in [5, 5.41) is 5.02. The van der Waals surface area contributed by atoms with Crippen LogP contribution < -0.4 is 15.5 Å². The predicted octanol–water partition coefficient (Wildman–Crippen LogP) is 3.77. The van der Waals surface area contributed by atoms with Gasteiger partial charge in [0, 0.05) is 0 Å². The SMILES string of the molecule is CC1(C)c2ccccc2N(c2ccc(C=C3C(=O)NC(=S)NC3=O)[se]2)c2ccccc21. The standard InChI is InChI=1S/C24H19N3O2SSe/c1-24(2)16-7-3-5-9-18(16)27(19-10-6-4-8-17(19)24)20-12-11-14(31-20)13-15-21(28)25-23(30)26-22(15)29/h3-13H,1-2H3,(H2,25,26,28,29,30). The van der Waals surface area contributed by atoms with Crippen molar-refractivity contribution in [1.82, 2.24) is 10.6 Å². The third-order valence-corrected chi connectivity index (χ3v) is 8.04. The molecule has 2 aliphatic heterocycles. The van der Waals surface area contributed by atoms with Crippen LogP contribution in [0.1, 0.15) is 29.4 Å². The molecule has 0 atom stereocenters. The van der Waals surface area contributed by atoms with E-state index < -0.39 is 11.8 Å². The number of carbonyl (C=O) groups is 2. The maximum absolute atomic E-state index is 12.2. The molecule has 3 aromatic rings. The molecule has 1 fully saturated rings. The van der Waals surface area contributed by atoms with Crippen LogP contribution in [0.25, 0.3) is 6.08 Å². The molecule has 2 N–H and O–H groups in total. The average Bonchev–Trinajstić information content (AvgIpc) is 3.19. The van der Waals surface area contributed by atoms with E-state index in [2.05, 4.69) is 84.0 Å². The zero-order chi connectivity index (χ0) is 21.8. The first kappa shape index (κ1) is 19.9. The second kappa shape index (κ2) is 7.31. The van der Waals surface area contributed by atoms with Gasteiger partial charge in [0.05, 0.1) is 0 Å². The Bertz CT molecular complexity index is 1220. The topological polar surface area (TPSA) is 61.4 Å². The van der Waals surface area contributed by atoms with Gasteiger partial charge in [0.25, 0.3) is 0 Å². The fourth-order valence-electron chi connectivity index (χ4n) is 4.20. The summed E-state index contributed by atoms with van der Waals surface area (Å²) in [6.07, 6.45) is 1.67. The first-order valence-electron chi connectivity index (χ1n) is 9.83. The number of nitrogens with zero attached hydrogens (tertiary/aromatic N) is 1. The van der Waals surface area contributed by atoms with Crippen molar-refractivity contribution >= 4 is 65.7 Å². The van der Waals surface area contributed by atoms with E-state index >= 15 is 0 Å². The van der Waals surface area contributed by atoms with Crippen LogP contribution in [-0.2, 0) is 15.0 Å². The Balaban J connectivity index is 1.61. The maximum atomic E-state index is 12.2. The number of benzene rings is 2. The second-order valence-electron chi connectivity index (χ2n) is 7.97. The summed E-state index contributed by atoms with van der Waals surface area (Å²) in [5.74, 6) is -0.927. The van der Waals surface area contributed by atoms with Gasteiger partial charge < -0.3 is 0 Å². The summed E-state index contributed by atoms with van der Waals surface area (Å²) in [6, 6.07) is 21.1. The quantitative estimate of drug-likeness (QED) is 0.248. The molecule has 0 radical (unpaired) electrons. The van der Waals surface area contributed by atoms with Crippen LogP contribution in [-0.4, -0.2) is 31.4 Å². The molecule has 154 valence electrons. The molecular formula is C24H19N3O2SSe. The van der Waals surface area contributed by atoms with Crippen LogP contribution in [0.3, 0.4) is 0 Å². The molecule has 0 unspecified atom stereocenters. The second-order valence-corrected chi connectivity index (χ2v) is 10.7. The number of para-hydroxylation sites is 2. The summed E-state index contributed by atoms with van der Waals surface area (Å²) < 4.78 is 2.11. The zero-order valence-corrected chi connectivity index (χ0v) is 19.5. The van der Waals surface area contributed by atoms with E-state index in [9.17, 15) is 9.59 Å². The Hall–Kier alpha value is -2.99. The number of hydrogen-bond acceptors (Lipinski definition) is 4. The fourth-order valence-corrected chi connectivity index (χ4v) is 6.43. The van der Waals surface area contributed by atoms with E-state index in [-0.39, 0.29) is 30.6 Å². The van der Waals surface area contributed by atoms with Gasteiger partial charge in [0.1, 0.15) is 0 Å². The number of rotatable bonds is 2. The van der Waals surface area contributed by atoms with Crippen molar-refractivity contribution in [2.45, 2.75) is 19.3 Å². The van der Waals surface area contributed by atoms with Crippen LogP contribution in [0, 0.1) is 0 Å². The molecule has 2 aliphatic rings. The van der Waals surface area contributed by atoms with Crippen molar-refractivity contribution in [2.75, 3.05) is 4.90 Å². The molecule has 1 aromatic heterocycles. The summed E-state index contributed by atoms with van der Waals surface area (Å²) >= 11 is 4.80. The Kier molecular flexibility index (Phi) is 4.70. The third-order valence-electron chi connectivity index (χ3n) is 5.70. The summed E-state index contributed by atoms with van der Waals surface area (Å²) in [5.41, 5.74) is 4.86. The molecule has 3 heterocycles. The van der Waals surface area contributed by atoms with Gasteiger partial charge in [-0.2, -0.15) is 0 Å². The normalized spacial score (nSPS) is 16.9. The van der Waals surface area contributed by atoms with Crippen molar-refractivity contribution in [1.29, 1.82) is 0 Å². The number of hydrogen-bond donors (Lipinski definition) is 2. The van der Waals surface area contributed by atoms with Gasteiger partial charge >= 0.3 is 192 Å². The minimum atomic E-state index is -0.464. The van der Waals surface area contributed by atoms with E-state index in [1.165, 1.54) is 22.5 Å². The van der Waals surface area contributed by atoms with Crippen molar-refractivity contribution < 1.29 is 9.59 Å². The minimum absolute atomic E-state index is 0.0426. The Morgan fingerprint density at radius 2 is 1.42 bits per heavy atom. The van der Waals surface area contributed by atoms with Crippen LogP contribution in [0.2, 0.25) is 0 Å². The predicted molar refractivity (Wildman–Crippen MR) is 127 cm³/mol. The molecule has 2 aromatic carbocycles. The van der Waals surface area contributed by atoms with Gasteiger partial charge in [-0.05, 0) is 0 Å². The Morgan fingerprint density at radius 3 is 2.00 bits per heavy atom. The van der Waals surface area contributed by atoms with Gasteiger partial charge in [0.2, 0.25) is 0 Å². The van der Waals surface area contributed by atoms with Crippen molar-refractivity contribution in [3.63, 3.8) is 0 Å². The van der Waals surface area contributed by atoms with E-state index in [0.29, 0.717) is 0 Å². The van der Waals surface area contributed by atoms with Crippen LogP contribution >= 0.6 is 12.2 Å². The molecule has 1 saturated heterocycles. The van der Waals surface area contributed by atoms with Crippen LogP contribution in [0.15, 0.2) is 66.2 Å². The monoisotopic (exact) mass is 493 g/mol. The molecular weight excluding hydrogens is 473 g/mol. The summed E-state index contributed by atoms with van der Waals surface area (Å²) in [6.45, 7) is 4.52. The fraction of sp³-hybridized carbons (Fsp3) is 0.125.